The predicted molar refractivity (Wildman–Crippen MR) is 102 cm³/mol. The molecule has 0 radical (unpaired) electrons. The fourth-order valence-corrected chi connectivity index (χ4v) is 3.34. The normalized spacial score (nSPS) is 16.8. The van der Waals surface area contributed by atoms with Crippen LogP contribution >= 0.6 is 0 Å². The van der Waals surface area contributed by atoms with Crippen LogP contribution < -0.4 is 19.9 Å². The quantitative estimate of drug-likeness (QED) is 0.745. The summed E-state index contributed by atoms with van der Waals surface area (Å²) in [5.41, 5.74) is 1.15. The number of carbonyl (C=O) groups is 1. The number of rotatable bonds is 8. The van der Waals surface area contributed by atoms with Crippen molar-refractivity contribution in [3.63, 3.8) is 0 Å². The Morgan fingerprint density at radius 2 is 1.88 bits per heavy atom. The smallest absolute Gasteiger partial charge is 0.275 e. The van der Waals surface area contributed by atoms with Crippen molar-refractivity contribution in [1.29, 1.82) is 0 Å². The van der Waals surface area contributed by atoms with Crippen LogP contribution in [0.4, 0.5) is 5.69 Å². The number of piperazine rings is 1. The number of hydrogen-bond acceptors (Lipinski definition) is 3. The summed E-state index contributed by atoms with van der Waals surface area (Å²) in [6.07, 6.45) is 2.21. The van der Waals surface area contributed by atoms with Gasteiger partial charge in [0.05, 0.1) is 39.0 Å². The van der Waals surface area contributed by atoms with Crippen LogP contribution in [0.25, 0.3) is 0 Å². The number of benzene rings is 1. The first-order chi connectivity index (χ1) is 12.0. The van der Waals surface area contributed by atoms with Crippen molar-refractivity contribution in [2.75, 3.05) is 44.7 Å². The third kappa shape index (κ3) is 6.24. The minimum Gasteiger partial charge on any atom is -0.495 e. The number of methoxy groups -OCH3 is 1. The molecule has 1 atom stereocenters. The standard InChI is InChI=1S/C20H33N3O2/c1-16(2)9-10-17(3)21-20(24)15-22-11-13-23(14-12-22)18-7-5-6-8-19(18)25-4/h5-8,16-17H,9-15H2,1-4H3,(H,21,24)/p+1/t17-/m0/s1. The zero-order valence-electron chi connectivity index (χ0n) is 16.2. The second-order valence-corrected chi connectivity index (χ2v) is 7.53. The Morgan fingerprint density at radius 1 is 1.20 bits per heavy atom. The van der Waals surface area contributed by atoms with Crippen LogP contribution in [0, 0.1) is 5.92 Å². The van der Waals surface area contributed by atoms with Crippen LogP contribution in [0.1, 0.15) is 33.6 Å². The molecule has 1 aliphatic heterocycles. The van der Waals surface area contributed by atoms with Crippen molar-refractivity contribution < 1.29 is 14.4 Å². The molecule has 0 aromatic heterocycles. The van der Waals surface area contributed by atoms with Gasteiger partial charge in [0.2, 0.25) is 0 Å². The summed E-state index contributed by atoms with van der Waals surface area (Å²) in [4.78, 5) is 16.0. The molecule has 2 N–H and O–H groups in total. The molecule has 0 bridgehead atoms. The first-order valence-corrected chi connectivity index (χ1v) is 9.50. The van der Waals surface area contributed by atoms with E-state index >= 15 is 0 Å². The van der Waals surface area contributed by atoms with E-state index in [0.717, 1.165) is 50.5 Å². The Hall–Kier alpha value is -1.75. The summed E-state index contributed by atoms with van der Waals surface area (Å²) >= 11 is 0. The summed E-state index contributed by atoms with van der Waals surface area (Å²) < 4.78 is 5.46. The maximum atomic E-state index is 12.3. The van der Waals surface area contributed by atoms with Crippen LogP contribution in [0.3, 0.4) is 0 Å². The van der Waals surface area contributed by atoms with Crippen LogP contribution in [0.5, 0.6) is 5.75 Å². The highest BCUT2D eigenvalue weighted by atomic mass is 16.5. The Balaban J connectivity index is 1.75. The van der Waals surface area contributed by atoms with Gasteiger partial charge < -0.3 is 19.9 Å². The largest absolute Gasteiger partial charge is 0.495 e. The number of hydrogen-bond donors (Lipinski definition) is 2. The molecule has 5 heteroatoms. The van der Waals surface area contributed by atoms with Crippen LogP contribution in [-0.4, -0.2) is 51.8 Å². The van der Waals surface area contributed by atoms with Gasteiger partial charge in [0.1, 0.15) is 5.75 Å². The molecule has 1 amide bonds. The second-order valence-electron chi connectivity index (χ2n) is 7.53. The third-order valence-electron chi connectivity index (χ3n) is 4.89. The number of ether oxygens (including phenoxy) is 1. The molecule has 1 heterocycles. The molecule has 2 rings (SSSR count). The fraction of sp³-hybridized carbons (Fsp3) is 0.650. The molecule has 1 aromatic carbocycles. The first-order valence-electron chi connectivity index (χ1n) is 9.50. The van der Waals surface area contributed by atoms with Gasteiger partial charge in [-0.05, 0) is 37.8 Å². The third-order valence-corrected chi connectivity index (χ3v) is 4.89. The second kappa shape index (κ2) is 9.66. The van der Waals surface area contributed by atoms with Gasteiger partial charge in [-0.2, -0.15) is 0 Å². The van der Waals surface area contributed by atoms with E-state index in [9.17, 15) is 4.79 Å². The van der Waals surface area contributed by atoms with E-state index in [1.165, 1.54) is 4.90 Å². The van der Waals surface area contributed by atoms with E-state index in [0.29, 0.717) is 12.5 Å². The average Bonchev–Trinajstić information content (AvgIpc) is 2.60. The predicted octanol–water partition coefficient (Wildman–Crippen LogP) is 1.34. The summed E-state index contributed by atoms with van der Waals surface area (Å²) in [7, 11) is 1.71. The molecule has 1 aliphatic rings. The van der Waals surface area contributed by atoms with Gasteiger partial charge in [-0.1, -0.05) is 26.0 Å². The number of nitrogens with zero attached hydrogens (tertiary/aromatic N) is 1. The molecule has 140 valence electrons. The summed E-state index contributed by atoms with van der Waals surface area (Å²) in [5.74, 6) is 1.78. The molecule has 25 heavy (non-hydrogen) atoms. The lowest BCUT2D eigenvalue weighted by Crippen LogP contribution is -3.16. The van der Waals surface area contributed by atoms with Gasteiger partial charge >= 0.3 is 0 Å². The van der Waals surface area contributed by atoms with Crippen molar-refractivity contribution >= 4 is 11.6 Å². The molecular weight excluding hydrogens is 314 g/mol. The van der Waals surface area contributed by atoms with Gasteiger partial charge in [0.25, 0.3) is 5.91 Å². The Kier molecular flexibility index (Phi) is 7.56. The van der Waals surface area contributed by atoms with E-state index in [1.54, 1.807) is 7.11 Å². The summed E-state index contributed by atoms with van der Waals surface area (Å²) in [5, 5.41) is 3.15. The highest BCUT2D eigenvalue weighted by Gasteiger charge is 2.24. The number of para-hydroxylation sites is 2. The molecule has 5 nitrogen and oxygen atoms in total. The van der Waals surface area contributed by atoms with Gasteiger partial charge in [-0.15, -0.1) is 0 Å². The number of amides is 1. The van der Waals surface area contributed by atoms with E-state index < -0.39 is 0 Å². The summed E-state index contributed by atoms with van der Waals surface area (Å²) in [6.45, 7) is 11.0. The number of quaternary nitrogens is 1. The maximum Gasteiger partial charge on any atom is 0.275 e. The van der Waals surface area contributed by atoms with Crippen molar-refractivity contribution in [3.05, 3.63) is 24.3 Å². The number of nitrogens with one attached hydrogen (secondary N) is 2. The average molecular weight is 349 g/mol. The fourth-order valence-electron chi connectivity index (χ4n) is 3.34. The minimum absolute atomic E-state index is 0.178. The summed E-state index contributed by atoms with van der Waals surface area (Å²) in [6, 6.07) is 8.41. The lowest BCUT2D eigenvalue weighted by atomic mass is 10.0. The van der Waals surface area contributed by atoms with Gasteiger partial charge in [-0.3, -0.25) is 4.79 Å². The molecule has 1 aromatic rings. The number of carbonyl (C=O) groups excluding carboxylic acids is 1. The zero-order valence-corrected chi connectivity index (χ0v) is 16.2. The monoisotopic (exact) mass is 348 g/mol. The highest BCUT2D eigenvalue weighted by Crippen LogP contribution is 2.27. The molecule has 0 saturated carbocycles. The Bertz CT molecular complexity index is 539. The van der Waals surface area contributed by atoms with Gasteiger partial charge in [-0.25, -0.2) is 0 Å². The van der Waals surface area contributed by atoms with Crippen molar-refractivity contribution in [1.82, 2.24) is 5.32 Å². The zero-order chi connectivity index (χ0) is 18.2. The maximum absolute atomic E-state index is 12.3. The molecule has 0 spiro atoms. The van der Waals surface area contributed by atoms with Crippen LogP contribution in [0.2, 0.25) is 0 Å². The lowest BCUT2D eigenvalue weighted by molar-refractivity contribution is -0.892. The van der Waals surface area contributed by atoms with Crippen molar-refractivity contribution in [2.24, 2.45) is 5.92 Å². The molecule has 0 unspecified atom stereocenters. The van der Waals surface area contributed by atoms with Crippen LogP contribution in [-0.2, 0) is 4.79 Å². The molecular formula is C20H34N3O2+. The van der Waals surface area contributed by atoms with Crippen molar-refractivity contribution in [2.45, 2.75) is 39.7 Å². The Morgan fingerprint density at radius 3 is 2.52 bits per heavy atom. The Labute approximate surface area is 152 Å². The first kappa shape index (κ1) is 19.6. The van der Waals surface area contributed by atoms with Crippen LogP contribution in [0.15, 0.2) is 24.3 Å². The number of anilines is 1. The minimum atomic E-state index is 0.178. The lowest BCUT2D eigenvalue weighted by Gasteiger charge is -2.34. The van der Waals surface area contributed by atoms with Crippen molar-refractivity contribution in [3.8, 4) is 5.75 Å². The highest BCUT2D eigenvalue weighted by molar-refractivity contribution is 5.77. The molecule has 1 saturated heterocycles. The van der Waals surface area contributed by atoms with Gasteiger partial charge in [0, 0.05) is 6.04 Å². The van der Waals surface area contributed by atoms with E-state index in [-0.39, 0.29) is 11.9 Å². The van der Waals surface area contributed by atoms with Gasteiger partial charge in [0.15, 0.2) is 6.54 Å². The molecule has 0 aliphatic carbocycles. The van der Waals surface area contributed by atoms with E-state index in [1.807, 2.05) is 18.2 Å². The van der Waals surface area contributed by atoms with E-state index in [2.05, 4.69) is 37.1 Å². The van der Waals surface area contributed by atoms with E-state index in [4.69, 9.17) is 4.74 Å². The SMILES string of the molecule is COc1ccccc1N1CC[NH+](CC(=O)N[C@@H](C)CCC(C)C)CC1. The topological polar surface area (TPSA) is 46.0 Å². The molecule has 1 fully saturated rings.